The summed E-state index contributed by atoms with van der Waals surface area (Å²) in [5.74, 6) is -0.536. The molecule has 0 aliphatic heterocycles. The van der Waals surface area contributed by atoms with Crippen LogP contribution < -0.4 is 4.31 Å². The summed E-state index contributed by atoms with van der Waals surface area (Å²) in [5.41, 5.74) is 0.0850. The number of hydrogen-bond donors (Lipinski definition) is 0. The third-order valence-corrected chi connectivity index (χ3v) is 5.15. The molecule has 6 heteroatoms. The number of benzene rings is 1. The third-order valence-electron chi connectivity index (χ3n) is 2.50. The predicted molar refractivity (Wildman–Crippen MR) is 73.1 cm³/mol. The van der Waals surface area contributed by atoms with E-state index in [9.17, 15) is 12.8 Å². The van der Waals surface area contributed by atoms with Crippen molar-refractivity contribution in [3.8, 4) is 0 Å². The van der Waals surface area contributed by atoms with Crippen LogP contribution in [0.2, 0.25) is 0 Å². The second-order valence-corrected chi connectivity index (χ2v) is 6.40. The lowest BCUT2D eigenvalue weighted by atomic mass is 10.3. The monoisotopic (exact) mass is 293 g/mol. The Balaban J connectivity index is 3.07. The Morgan fingerprint density at radius 3 is 2.50 bits per heavy atom. The van der Waals surface area contributed by atoms with E-state index in [4.69, 9.17) is 11.6 Å². The largest absolute Gasteiger partial charge is 0.268 e. The van der Waals surface area contributed by atoms with Gasteiger partial charge < -0.3 is 0 Å². The Kier molecular flexibility index (Phi) is 5.41. The molecule has 0 spiro atoms. The summed E-state index contributed by atoms with van der Waals surface area (Å²) < 4.78 is 39.1. The summed E-state index contributed by atoms with van der Waals surface area (Å²) in [7, 11) is -3.55. The molecule has 0 amide bonds. The van der Waals surface area contributed by atoms with Gasteiger partial charge in [-0.05, 0) is 25.0 Å². The van der Waals surface area contributed by atoms with Crippen LogP contribution in [0.4, 0.5) is 10.1 Å². The Morgan fingerprint density at radius 2 is 2.00 bits per heavy atom. The van der Waals surface area contributed by atoms with E-state index in [1.165, 1.54) is 18.2 Å². The number of rotatable bonds is 6. The van der Waals surface area contributed by atoms with Gasteiger partial charge in [0.2, 0.25) is 10.0 Å². The van der Waals surface area contributed by atoms with Crippen molar-refractivity contribution in [1.82, 2.24) is 0 Å². The highest BCUT2D eigenvalue weighted by Crippen LogP contribution is 2.22. The highest BCUT2D eigenvalue weighted by atomic mass is 35.5. The molecule has 1 unspecified atom stereocenters. The minimum absolute atomic E-state index is 0.0846. The summed E-state index contributed by atoms with van der Waals surface area (Å²) in [6.45, 7) is 3.62. The molecule has 102 valence electrons. The van der Waals surface area contributed by atoms with E-state index in [0.29, 0.717) is 0 Å². The van der Waals surface area contributed by atoms with Gasteiger partial charge in [0.1, 0.15) is 5.82 Å². The molecule has 0 bridgehead atoms. The standard InChI is InChI=1S/C12H17ClFNO2S/c1-3-15(12-7-5-4-6-11(12)14)18(16,17)9-10(2)8-13/h4-7,10H,3,8-9H2,1-2H3. The van der Waals surface area contributed by atoms with E-state index in [1.807, 2.05) is 0 Å². The maximum atomic E-state index is 13.6. The van der Waals surface area contributed by atoms with Crippen LogP contribution in [-0.2, 0) is 10.0 Å². The van der Waals surface area contributed by atoms with Gasteiger partial charge in [-0.15, -0.1) is 11.6 Å². The van der Waals surface area contributed by atoms with Crippen LogP contribution in [0.5, 0.6) is 0 Å². The van der Waals surface area contributed by atoms with Gasteiger partial charge in [0.25, 0.3) is 0 Å². The van der Waals surface area contributed by atoms with Crippen LogP contribution in [0.1, 0.15) is 13.8 Å². The molecule has 0 aliphatic carbocycles. The number of alkyl halides is 1. The molecule has 18 heavy (non-hydrogen) atoms. The van der Waals surface area contributed by atoms with Crippen molar-refractivity contribution < 1.29 is 12.8 Å². The van der Waals surface area contributed by atoms with Crippen molar-refractivity contribution >= 4 is 27.3 Å². The quantitative estimate of drug-likeness (QED) is 0.756. The lowest BCUT2D eigenvalue weighted by Gasteiger charge is -2.24. The number of anilines is 1. The van der Waals surface area contributed by atoms with E-state index in [0.717, 1.165) is 4.31 Å². The van der Waals surface area contributed by atoms with Crippen LogP contribution in [0, 0.1) is 11.7 Å². The van der Waals surface area contributed by atoms with Gasteiger partial charge in [0.05, 0.1) is 11.4 Å². The zero-order valence-corrected chi connectivity index (χ0v) is 12.0. The molecule has 0 N–H and O–H groups in total. The Bertz CT molecular complexity index is 493. The first-order valence-electron chi connectivity index (χ1n) is 5.73. The first-order chi connectivity index (χ1) is 8.42. The lowest BCUT2D eigenvalue weighted by molar-refractivity contribution is 0.575. The number of para-hydroxylation sites is 1. The van der Waals surface area contributed by atoms with Crippen LogP contribution in [0.3, 0.4) is 0 Å². The molecule has 1 aromatic rings. The number of hydrogen-bond acceptors (Lipinski definition) is 2. The molecule has 0 saturated carbocycles. The van der Waals surface area contributed by atoms with Crippen molar-refractivity contribution in [2.24, 2.45) is 5.92 Å². The molecule has 3 nitrogen and oxygen atoms in total. The zero-order chi connectivity index (χ0) is 13.8. The number of sulfonamides is 1. The molecular weight excluding hydrogens is 277 g/mol. The smallest absolute Gasteiger partial charge is 0.235 e. The van der Waals surface area contributed by atoms with Gasteiger partial charge >= 0.3 is 0 Å². The highest BCUT2D eigenvalue weighted by molar-refractivity contribution is 7.92. The molecule has 1 atom stereocenters. The fourth-order valence-electron chi connectivity index (χ4n) is 1.66. The average molecular weight is 294 g/mol. The number of halogens is 2. The summed E-state index contributed by atoms with van der Waals surface area (Å²) in [5, 5.41) is 0. The normalized spacial score (nSPS) is 13.3. The summed E-state index contributed by atoms with van der Waals surface area (Å²) in [6, 6.07) is 5.85. The van der Waals surface area contributed by atoms with Crippen molar-refractivity contribution in [1.29, 1.82) is 0 Å². The van der Waals surface area contributed by atoms with Gasteiger partial charge in [-0.3, -0.25) is 4.31 Å². The van der Waals surface area contributed by atoms with Crippen molar-refractivity contribution in [2.75, 3.05) is 22.5 Å². The third kappa shape index (κ3) is 3.59. The maximum Gasteiger partial charge on any atom is 0.235 e. The summed E-state index contributed by atoms with van der Waals surface area (Å²) in [4.78, 5) is 0. The van der Waals surface area contributed by atoms with Gasteiger partial charge in [0.15, 0.2) is 0 Å². The first-order valence-corrected chi connectivity index (χ1v) is 7.87. The Morgan fingerprint density at radius 1 is 1.39 bits per heavy atom. The minimum Gasteiger partial charge on any atom is -0.268 e. The van der Waals surface area contributed by atoms with E-state index in [1.54, 1.807) is 19.9 Å². The van der Waals surface area contributed by atoms with Gasteiger partial charge in [0, 0.05) is 12.4 Å². The fourth-order valence-corrected chi connectivity index (χ4v) is 3.76. The SMILES string of the molecule is CCN(c1ccccc1F)S(=O)(=O)CC(C)CCl. The van der Waals surface area contributed by atoms with Crippen LogP contribution >= 0.6 is 11.6 Å². The fraction of sp³-hybridized carbons (Fsp3) is 0.500. The Labute approximate surface area is 113 Å². The molecule has 0 radical (unpaired) electrons. The lowest BCUT2D eigenvalue weighted by Crippen LogP contribution is -2.35. The zero-order valence-electron chi connectivity index (χ0n) is 10.4. The summed E-state index contributed by atoms with van der Waals surface area (Å²) >= 11 is 5.63. The van der Waals surface area contributed by atoms with Crippen molar-refractivity contribution in [2.45, 2.75) is 13.8 Å². The topological polar surface area (TPSA) is 37.4 Å². The second kappa shape index (κ2) is 6.38. The molecular formula is C12H17ClFNO2S. The van der Waals surface area contributed by atoms with Crippen molar-refractivity contribution in [3.63, 3.8) is 0 Å². The minimum atomic E-state index is -3.55. The molecule has 1 rings (SSSR count). The number of nitrogens with zero attached hydrogens (tertiary/aromatic N) is 1. The molecule has 0 aliphatic rings. The van der Waals surface area contributed by atoms with Crippen molar-refractivity contribution in [3.05, 3.63) is 30.1 Å². The Hall–Kier alpha value is -0.810. The molecule has 0 aromatic heterocycles. The van der Waals surface area contributed by atoms with Gasteiger partial charge in [-0.2, -0.15) is 0 Å². The van der Waals surface area contributed by atoms with Gasteiger partial charge in [-0.1, -0.05) is 19.1 Å². The molecule has 0 fully saturated rings. The molecule has 0 saturated heterocycles. The maximum absolute atomic E-state index is 13.6. The first kappa shape index (κ1) is 15.2. The summed E-state index contributed by atoms with van der Waals surface area (Å²) in [6.07, 6.45) is 0. The predicted octanol–water partition coefficient (Wildman–Crippen LogP) is 2.86. The van der Waals surface area contributed by atoms with Crippen LogP contribution in [0.15, 0.2) is 24.3 Å². The second-order valence-electron chi connectivity index (χ2n) is 4.15. The van der Waals surface area contributed by atoms with Crippen LogP contribution in [0.25, 0.3) is 0 Å². The molecule has 0 heterocycles. The van der Waals surface area contributed by atoms with E-state index in [2.05, 4.69) is 0 Å². The van der Waals surface area contributed by atoms with Gasteiger partial charge in [-0.25, -0.2) is 12.8 Å². The van der Waals surface area contributed by atoms with Crippen LogP contribution in [-0.4, -0.2) is 26.6 Å². The van der Waals surface area contributed by atoms with E-state index < -0.39 is 15.8 Å². The highest BCUT2D eigenvalue weighted by Gasteiger charge is 2.25. The molecule has 1 aromatic carbocycles. The van der Waals surface area contributed by atoms with E-state index in [-0.39, 0.29) is 29.8 Å². The average Bonchev–Trinajstić information content (AvgIpc) is 2.31. The van der Waals surface area contributed by atoms with E-state index >= 15 is 0 Å².